The molecule has 1 aromatic carbocycles. The van der Waals surface area contributed by atoms with Crippen LogP contribution in [0.25, 0.3) is 11.1 Å². The number of hydrogen-bond donors (Lipinski definition) is 1. The summed E-state index contributed by atoms with van der Waals surface area (Å²) in [5, 5.41) is 7.67. The van der Waals surface area contributed by atoms with E-state index >= 15 is 0 Å². The van der Waals surface area contributed by atoms with Crippen molar-refractivity contribution < 1.29 is 4.42 Å². The van der Waals surface area contributed by atoms with E-state index in [9.17, 15) is 0 Å². The van der Waals surface area contributed by atoms with Gasteiger partial charge in [-0.3, -0.25) is 4.68 Å². The summed E-state index contributed by atoms with van der Waals surface area (Å²) in [6, 6.07) is 7.88. The SMILES string of the molecule is Cc1cnn(CCNCCCc2nc3ccccc3o2)c1. The first-order chi connectivity index (χ1) is 10.3. The first-order valence-electron chi connectivity index (χ1n) is 7.35. The van der Waals surface area contributed by atoms with Crippen LogP contribution in [0.4, 0.5) is 0 Å². The molecule has 0 unspecified atom stereocenters. The van der Waals surface area contributed by atoms with Crippen molar-refractivity contribution in [2.45, 2.75) is 26.3 Å². The largest absolute Gasteiger partial charge is 0.441 e. The molecule has 5 heteroatoms. The second kappa shape index (κ2) is 6.54. The van der Waals surface area contributed by atoms with Crippen LogP contribution in [0, 0.1) is 6.92 Å². The zero-order valence-corrected chi connectivity index (χ0v) is 12.2. The molecular formula is C16H20N4O. The molecule has 0 aliphatic carbocycles. The van der Waals surface area contributed by atoms with Crippen molar-refractivity contribution in [3.05, 3.63) is 48.1 Å². The maximum absolute atomic E-state index is 5.69. The molecule has 0 atom stereocenters. The number of aromatic nitrogens is 3. The van der Waals surface area contributed by atoms with E-state index < -0.39 is 0 Å². The van der Waals surface area contributed by atoms with Crippen molar-refractivity contribution in [2.24, 2.45) is 0 Å². The molecule has 0 saturated carbocycles. The summed E-state index contributed by atoms with van der Waals surface area (Å²) in [6.07, 6.45) is 5.82. The summed E-state index contributed by atoms with van der Waals surface area (Å²) in [7, 11) is 0. The average Bonchev–Trinajstić information content (AvgIpc) is 3.08. The van der Waals surface area contributed by atoms with Crippen molar-refractivity contribution >= 4 is 11.1 Å². The molecule has 0 bridgehead atoms. The highest BCUT2D eigenvalue weighted by Crippen LogP contribution is 2.15. The summed E-state index contributed by atoms with van der Waals surface area (Å²) in [5.74, 6) is 0.820. The second-order valence-electron chi connectivity index (χ2n) is 5.21. The lowest BCUT2D eigenvalue weighted by Gasteiger charge is -2.03. The minimum atomic E-state index is 0.820. The van der Waals surface area contributed by atoms with E-state index in [2.05, 4.69) is 28.5 Å². The number of nitrogens with zero attached hydrogens (tertiary/aromatic N) is 3. The molecule has 21 heavy (non-hydrogen) atoms. The van der Waals surface area contributed by atoms with Crippen LogP contribution in [0.15, 0.2) is 41.1 Å². The fourth-order valence-corrected chi connectivity index (χ4v) is 2.30. The first-order valence-corrected chi connectivity index (χ1v) is 7.35. The molecule has 3 rings (SSSR count). The Morgan fingerprint density at radius 3 is 2.95 bits per heavy atom. The van der Waals surface area contributed by atoms with Gasteiger partial charge in [0, 0.05) is 19.2 Å². The van der Waals surface area contributed by atoms with E-state index in [1.807, 2.05) is 35.1 Å². The maximum atomic E-state index is 5.69. The predicted molar refractivity (Wildman–Crippen MR) is 82.2 cm³/mol. The van der Waals surface area contributed by atoms with Gasteiger partial charge in [-0.25, -0.2) is 4.98 Å². The number of para-hydroxylation sites is 2. The molecule has 5 nitrogen and oxygen atoms in total. The number of oxazole rings is 1. The number of nitrogens with one attached hydrogen (secondary N) is 1. The van der Waals surface area contributed by atoms with Crippen LogP contribution in [0.5, 0.6) is 0 Å². The van der Waals surface area contributed by atoms with Crippen LogP contribution in [0.1, 0.15) is 17.9 Å². The first kappa shape index (κ1) is 13.8. The third-order valence-electron chi connectivity index (χ3n) is 3.36. The third kappa shape index (κ3) is 3.70. The van der Waals surface area contributed by atoms with E-state index in [-0.39, 0.29) is 0 Å². The Morgan fingerprint density at radius 1 is 1.24 bits per heavy atom. The summed E-state index contributed by atoms with van der Waals surface area (Å²) in [6.45, 7) is 4.83. The molecule has 0 amide bonds. The standard InChI is InChI=1S/C16H20N4O/c1-13-11-18-20(12-13)10-9-17-8-4-7-16-19-14-5-2-3-6-15(14)21-16/h2-3,5-6,11-12,17H,4,7-10H2,1H3. The molecule has 0 fully saturated rings. The summed E-state index contributed by atoms with van der Waals surface area (Å²) in [5.41, 5.74) is 3.01. The molecule has 0 radical (unpaired) electrons. The van der Waals surface area contributed by atoms with Crippen molar-refractivity contribution in [1.29, 1.82) is 0 Å². The molecule has 0 spiro atoms. The highest BCUT2D eigenvalue weighted by atomic mass is 16.3. The Bertz CT molecular complexity index is 668. The highest BCUT2D eigenvalue weighted by Gasteiger charge is 2.04. The quantitative estimate of drug-likeness (QED) is 0.677. The van der Waals surface area contributed by atoms with Crippen molar-refractivity contribution in [1.82, 2.24) is 20.1 Å². The van der Waals surface area contributed by atoms with Gasteiger partial charge < -0.3 is 9.73 Å². The average molecular weight is 284 g/mol. The Labute approximate surface area is 124 Å². The molecule has 2 aromatic heterocycles. The van der Waals surface area contributed by atoms with Gasteiger partial charge in [0.2, 0.25) is 0 Å². The van der Waals surface area contributed by atoms with Crippen molar-refractivity contribution in [3.63, 3.8) is 0 Å². The minimum Gasteiger partial charge on any atom is -0.441 e. The lowest BCUT2D eigenvalue weighted by Crippen LogP contribution is -2.21. The van der Waals surface area contributed by atoms with E-state index in [1.54, 1.807) is 0 Å². The molecule has 0 aliphatic rings. The molecule has 3 aromatic rings. The number of hydrogen-bond acceptors (Lipinski definition) is 4. The number of benzene rings is 1. The zero-order valence-electron chi connectivity index (χ0n) is 12.2. The lowest BCUT2D eigenvalue weighted by atomic mass is 10.3. The van der Waals surface area contributed by atoms with Crippen LogP contribution in [0.3, 0.4) is 0 Å². The van der Waals surface area contributed by atoms with Crippen LogP contribution in [-0.2, 0) is 13.0 Å². The normalized spacial score (nSPS) is 11.3. The minimum absolute atomic E-state index is 0.820. The van der Waals surface area contributed by atoms with Gasteiger partial charge >= 0.3 is 0 Å². The number of rotatable bonds is 7. The maximum Gasteiger partial charge on any atom is 0.195 e. The molecule has 1 N–H and O–H groups in total. The van der Waals surface area contributed by atoms with Crippen molar-refractivity contribution in [2.75, 3.05) is 13.1 Å². The summed E-state index contributed by atoms with van der Waals surface area (Å²) in [4.78, 5) is 4.47. The van der Waals surface area contributed by atoms with Gasteiger partial charge in [-0.2, -0.15) is 5.10 Å². The highest BCUT2D eigenvalue weighted by molar-refractivity contribution is 5.72. The van der Waals surface area contributed by atoms with Gasteiger partial charge in [0.15, 0.2) is 11.5 Å². The van der Waals surface area contributed by atoms with E-state index in [4.69, 9.17) is 4.42 Å². The van der Waals surface area contributed by atoms with Crippen LogP contribution in [0.2, 0.25) is 0 Å². The van der Waals surface area contributed by atoms with Crippen molar-refractivity contribution in [3.8, 4) is 0 Å². The van der Waals surface area contributed by atoms with Gasteiger partial charge in [-0.05, 0) is 37.6 Å². The molecule has 0 saturated heterocycles. The Morgan fingerprint density at radius 2 is 2.14 bits per heavy atom. The predicted octanol–water partition coefficient (Wildman–Crippen LogP) is 2.56. The zero-order chi connectivity index (χ0) is 14.5. The number of fused-ring (bicyclic) bond motifs is 1. The molecule has 110 valence electrons. The van der Waals surface area contributed by atoms with Gasteiger partial charge in [0.05, 0.1) is 12.7 Å². The summed E-state index contributed by atoms with van der Waals surface area (Å²) < 4.78 is 7.66. The van der Waals surface area contributed by atoms with E-state index in [0.29, 0.717) is 0 Å². The summed E-state index contributed by atoms with van der Waals surface area (Å²) >= 11 is 0. The fourth-order valence-electron chi connectivity index (χ4n) is 2.30. The number of aryl methyl sites for hydroxylation is 2. The van der Waals surface area contributed by atoms with Crippen LogP contribution in [-0.4, -0.2) is 27.9 Å². The van der Waals surface area contributed by atoms with Gasteiger partial charge in [-0.1, -0.05) is 12.1 Å². The molecular weight excluding hydrogens is 264 g/mol. The smallest absolute Gasteiger partial charge is 0.195 e. The topological polar surface area (TPSA) is 55.9 Å². The lowest BCUT2D eigenvalue weighted by molar-refractivity contribution is 0.501. The van der Waals surface area contributed by atoms with Gasteiger partial charge in [0.1, 0.15) is 5.52 Å². The second-order valence-corrected chi connectivity index (χ2v) is 5.21. The van der Waals surface area contributed by atoms with Crippen LogP contribution < -0.4 is 5.32 Å². The fraction of sp³-hybridized carbons (Fsp3) is 0.375. The Hall–Kier alpha value is -2.14. The van der Waals surface area contributed by atoms with Gasteiger partial charge in [-0.15, -0.1) is 0 Å². The molecule has 2 heterocycles. The Balaban J connectivity index is 1.36. The van der Waals surface area contributed by atoms with Gasteiger partial charge in [0.25, 0.3) is 0 Å². The van der Waals surface area contributed by atoms with E-state index in [1.165, 1.54) is 5.56 Å². The molecule has 0 aliphatic heterocycles. The van der Waals surface area contributed by atoms with Crippen LogP contribution >= 0.6 is 0 Å². The monoisotopic (exact) mass is 284 g/mol. The Kier molecular flexibility index (Phi) is 4.31. The van der Waals surface area contributed by atoms with E-state index in [0.717, 1.165) is 49.5 Å². The third-order valence-corrected chi connectivity index (χ3v) is 3.36.